The first kappa shape index (κ1) is 32.8. The molecule has 5 heteroatoms. The number of allylic oxidation sites excluding steroid dienone is 1. The molecule has 0 amide bonds. The number of unbranched alkanes of at least 4 members (excludes halogenated alkanes) is 3. The summed E-state index contributed by atoms with van der Waals surface area (Å²) < 4.78 is 21.5. The van der Waals surface area contributed by atoms with Gasteiger partial charge >= 0.3 is 0 Å². The molecule has 0 radical (unpaired) electrons. The summed E-state index contributed by atoms with van der Waals surface area (Å²) in [5.41, 5.74) is 3.58. The smallest absolute Gasteiger partial charge is 0.118 e. The van der Waals surface area contributed by atoms with Crippen LogP contribution >= 0.6 is 22.6 Å². The second-order valence-corrected chi connectivity index (χ2v) is 10.0. The van der Waals surface area contributed by atoms with Gasteiger partial charge in [-0.3, -0.25) is 0 Å². The Bertz CT molecular complexity index is 1170. The molecule has 0 saturated carbocycles. The summed E-state index contributed by atoms with van der Waals surface area (Å²) in [4.78, 5) is 0. The maximum absolute atomic E-state index is 5.12. The molecule has 0 spiro atoms. The number of methoxy groups -OCH3 is 4. The normalized spacial score (nSPS) is 10.1. The number of hydrogen-bond acceptors (Lipinski definition) is 4. The summed E-state index contributed by atoms with van der Waals surface area (Å²) in [7, 11) is 6.70. The number of halogens is 1. The Labute approximate surface area is 254 Å². The Hall–Kier alpha value is -3.45. The van der Waals surface area contributed by atoms with Crippen LogP contribution in [0.25, 0.3) is 17.2 Å². The lowest BCUT2D eigenvalue weighted by Gasteiger charge is -2.05. The quantitative estimate of drug-likeness (QED) is 0.126. The summed E-state index contributed by atoms with van der Waals surface area (Å²) in [5, 5.41) is 0. The Morgan fingerprint density at radius 2 is 0.900 bits per heavy atom. The molecule has 0 saturated heterocycles. The molecule has 0 heterocycles. The van der Waals surface area contributed by atoms with Gasteiger partial charge in [0.05, 0.1) is 28.4 Å². The van der Waals surface area contributed by atoms with Crippen molar-refractivity contribution >= 4 is 28.7 Å². The van der Waals surface area contributed by atoms with E-state index >= 15 is 0 Å². The zero-order valence-corrected chi connectivity index (χ0v) is 26.4. The van der Waals surface area contributed by atoms with E-state index in [4.69, 9.17) is 18.9 Å². The van der Waals surface area contributed by atoms with Gasteiger partial charge in [0.25, 0.3) is 0 Å². The van der Waals surface area contributed by atoms with Crippen LogP contribution in [0.5, 0.6) is 23.0 Å². The minimum absolute atomic E-state index is 0.872. The topological polar surface area (TPSA) is 36.9 Å². The molecule has 4 nitrogen and oxygen atoms in total. The van der Waals surface area contributed by atoms with Crippen molar-refractivity contribution in [2.24, 2.45) is 0 Å². The van der Waals surface area contributed by atoms with E-state index < -0.39 is 0 Å². The van der Waals surface area contributed by atoms with Crippen molar-refractivity contribution in [1.29, 1.82) is 0 Å². The van der Waals surface area contributed by atoms with Crippen LogP contribution in [-0.2, 0) is 0 Å². The molecule has 0 aromatic heterocycles. The SMILES string of the molecule is CCCCC/C=C/c1ccc(OC)cc1.COc1ccc(-c2ccc(OC)cc2)cc1.COc1ccc(I)cc1. The monoisotopic (exact) mass is 652 g/mol. The molecule has 4 aromatic rings. The maximum atomic E-state index is 5.12. The molecule has 0 aliphatic carbocycles. The lowest BCUT2D eigenvalue weighted by Crippen LogP contribution is -1.84. The van der Waals surface area contributed by atoms with Crippen LogP contribution in [0, 0.1) is 3.57 Å². The zero-order valence-electron chi connectivity index (χ0n) is 24.2. The Morgan fingerprint density at radius 3 is 1.27 bits per heavy atom. The van der Waals surface area contributed by atoms with Gasteiger partial charge in [0.1, 0.15) is 23.0 Å². The minimum Gasteiger partial charge on any atom is -0.497 e. The van der Waals surface area contributed by atoms with E-state index in [2.05, 4.69) is 53.8 Å². The van der Waals surface area contributed by atoms with Crippen LogP contribution in [0.4, 0.5) is 0 Å². The van der Waals surface area contributed by atoms with E-state index in [1.807, 2.05) is 84.9 Å². The van der Waals surface area contributed by atoms with E-state index in [1.165, 1.54) is 45.9 Å². The van der Waals surface area contributed by atoms with Crippen LogP contribution in [0.1, 0.15) is 38.2 Å². The fourth-order valence-corrected chi connectivity index (χ4v) is 3.94. The lowest BCUT2D eigenvalue weighted by molar-refractivity contribution is 0.414. The van der Waals surface area contributed by atoms with Gasteiger partial charge in [0.2, 0.25) is 0 Å². The first-order chi connectivity index (χ1) is 19.5. The first-order valence-corrected chi connectivity index (χ1v) is 14.5. The lowest BCUT2D eigenvalue weighted by atomic mass is 10.1. The van der Waals surface area contributed by atoms with Crippen molar-refractivity contribution in [3.8, 4) is 34.1 Å². The number of hydrogen-bond donors (Lipinski definition) is 0. The van der Waals surface area contributed by atoms with Gasteiger partial charge in [-0.25, -0.2) is 0 Å². The molecular formula is C35H41IO4. The fraction of sp³-hybridized carbons (Fsp3) is 0.257. The molecule has 0 N–H and O–H groups in total. The number of ether oxygens (including phenoxy) is 4. The Morgan fingerprint density at radius 1 is 0.525 bits per heavy atom. The summed E-state index contributed by atoms with van der Waals surface area (Å²) in [5.74, 6) is 3.57. The second kappa shape index (κ2) is 19.6. The second-order valence-electron chi connectivity index (χ2n) is 8.79. The van der Waals surface area contributed by atoms with Gasteiger partial charge in [-0.15, -0.1) is 0 Å². The zero-order chi connectivity index (χ0) is 29.0. The van der Waals surface area contributed by atoms with Gasteiger partial charge in [-0.05, 0) is 113 Å². The van der Waals surface area contributed by atoms with Crippen LogP contribution < -0.4 is 18.9 Å². The minimum atomic E-state index is 0.872. The molecule has 0 atom stereocenters. The van der Waals surface area contributed by atoms with E-state index in [9.17, 15) is 0 Å². The van der Waals surface area contributed by atoms with E-state index in [0.29, 0.717) is 0 Å². The highest BCUT2D eigenvalue weighted by Gasteiger charge is 1.98. The predicted molar refractivity (Wildman–Crippen MR) is 177 cm³/mol. The summed E-state index contributed by atoms with van der Waals surface area (Å²) in [6.45, 7) is 2.23. The third kappa shape index (κ3) is 12.6. The number of benzene rings is 4. The van der Waals surface area contributed by atoms with Gasteiger partial charge in [0.15, 0.2) is 0 Å². The van der Waals surface area contributed by atoms with E-state index in [1.54, 1.807) is 28.4 Å². The predicted octanol–water partition coefficient (Wildman–Crippen LogP) is 9.96. The van der Waals surface area contributed by atoms with Crippen LogP contribution in [-0.4, -0.2) is 28.4 Å². The third-order valence-electron chi connectivity index (χ3n) is 5.96. The average Bonchev–Trinajstić information content (AvgIpc) is 3.02. The first-order valence-electron chi connectivity index (χ1n) is 13.4. The summed E-state index contributed by atoms with van der Waals surface area (Å²) in [6, 6.07) is 32.1. The van der Waals surface area contributed by atoms with E-state index in [0.717, 1.165) is 23.0 Å². The highest BCUT2D eigenvalue weighted by atomic mass is 127. The maximum Gasteiger partial charge on any atom is 0.118 e. The molecule has 0 aliphatic heterocycles. The van der Waals surface area contributed by atoms with Gasteiger partial charge in [-0.1, -0.05) is 68.3 Å². The average molecular weight is 653 g/mol. The molecule has 212 valence electrons. The molecule has 4 rings (SSSR count). The van der Waals surface area contributed by atoms with Crippen molar-refractivity contribution in [2.75, 3.05) is 28.4 Å². The Kier molecular flexibility index (Phi) is 16.0. The third-order valence-corrected chi connectivity index (χ3v) is 6.68. The van der Waals surface area contributed by atoms with Gasteiger partial charge in [-0.2, -0.15) is 0 Å². The molecular weight excluding hydrogens is 611 g/mol. The number of rotatable bonds is 10. The highest BCUT2D eigenvalue weighted by molar-refractivity contribution is 14.1. The highest BCUT2D eigenvalue weighted by Crippen LogP contribution is 2.24. The molecule has 0 fully saturated rings. The van der Waals surface area contributed by atoms with Crippen molar-refractivity contribution < 1.29 is 18.9 Å². The molecule has 0 bridgehead atoms. The van der Waals surface area contributed by atoms with E-state index in [-0.39, 0.29) is 0 Å². The van der Waals surface area contributed by atoms with Crippen molar-refractivity contribution in [2.45, 2.75) is 32.6 Å². The standard InChI is InChI=1S/C14H14O2.C14H20O.C7H7IO/c1-15-13-7-3-11(4-8-13)12-5-9-14(16-2)10-6-12;1-3-4-5-6-7-8-13-9-11-14(15-2)12-10-13;1-9-7-4-2-6(8)3-5-7/h3-10H,1-2H3;7-12H,3-6H2,1-2H3;2-5H,1H3/b;8-7+;. The van der Waals surface area contributed by atoms with Crippen molar-refractivity contribution in [3.63, 3.8) is 0 Å². The molecule has 4 aromatic carbocycles. The molecule has 40 heavy (non-hydrogen) atoms. The van der Waals surface area contributed by atoms with Gasteiger partial charge in [0, 0.05) is 3.57 Å². The molecule has 0 aliphatic rings. The van der Waals surface area contributed by atoms with Crippen LogP contribution in [0.3, 0.4) is 0 Å². The summed E-state index contributed by atoms with van der Waals surface area (Å²) in [6.07, 6.45) is 9.51. The summed E-state index contributed by atoms with van der Waals surface area (Å²) >= 11 is 2.26. The van der Waals surface area contributed by atoms with Gasteiger partial charge < -0.3 is 18.9 Å². The van der Waals surface area contributed by atoms with Crippen molar-refractivity contribution in [1.82, 2.24) is 0 Å². The van der Waals surface area contributed by atoms with Crippen LogP contribution in [0.2, 0.25) is 0 Å². The van der Waals surface area contributed by atoms with Crippen LogP contribution in [0.15, 0.2) is 103 Å². The largest absolute Gasteiger partial charge is 0.497 e. The fourth-order valence-electron chi connectivity index (χ4n) is 3.58. The molecule has 0 unspecified atom stereocenters. The Balaban J connectivity index is 0.000000218. The van der Waals surface area contributed by atoms with Crippen molar-refractivity contribution in [3.05, 3.63) is 112 Å².